The Morgan fingerprint density at radius 1 is 1.04 bits per heavy atom. The maximum absolute atomic E-state index is 12.4. The van der Waals surface area contributed by atoms with Crippen LogP contribution in [0, 0.1) is 6.92 Å². The number of para-hydroxylation sites is 1. The first kappa shape index (κ1) is 16.0. The van der Waals surface area contributed by atoms with Crippen molar-refractivity contribution in [3.63, 3.8) is 0 Å². The van der Waals surface area contributed by atoms with Gasteiger partial charge in [0, 0.05) is 11.4 Å². The summed E-state index contributed by atoms with van der Waals surface area (Å²) in [4.78, 5) is 17.4. The highest BCUT2D eigenvalue weighted by atomic mass is 32.1. The van der Waals surface area contributed by atoms with Crippen LogP contribution in [0.1, 0.15) is 15.4 Å². The van der Waals surface area contributed by atoms with Crippen LogP contribution in [-0.4, -0.2) is 18.0 Å². The molecule has 0 saturated carbocycles. The third kappa shape index (κ3) is 3.72. The maximum Gasteiger partial charge on any atom is 0.267 e. The lowest BCUT2D eigenvalue weighted by Crippen LogP contribution is -2.11. The number of amides is 1. The summed E-state index contributed by atoms with van der Waals surface area (Å²) >= 11 is 1.33. The Labute approximate surface area is 144 Å². The van der Waals surface area contributed by atoms with E-state index in [1.807, 2.05) is 61.5 Å². The summed E-state index contributed by atoms with van der Waals surface area (Å²) in [7, 11) is 1.63. The number of hydrogen-bond donors (Lipinski definition) is 2. The maximum atomic E-state index is 12.4. The van der Waals surface area contributed by atoms with Crippen LogP contribution in [0.5, 0.6) is 5.75 Å². The number of aromatic nitrogens is 1. The Morgan fingerprint density at radius 3 is 2.42 bits per heavy atom. The topological polar surface area (TPSA) is 63.2 Å². The van der Waals surface area contributed by atoms with Gasteiger partial charge in [0.25, 0.3) is 5.91 Å². The molecule has 0 aliphatic heterocycles. The number of carbonyl (C=O) groups is 1. The fourth-order valence-electron chi connectivity index (χ4n) is 2.17. The van der Waals surface area contributed by atoms with Crippen molar-refractivity contribution in [1.29, 1.82) is 0 Å². The minimum absolute atomic E-state index is 0.154. The fourth-order valence-corrected chi connectivity index (χ4v) is 3.05. The molecular formula is C18H17N3O2S. The number of rotatable bonds is 5. The molecule has 0 aliphatic rings. The van der Waals surface area contributed by atoms with Gasteiger partial charge in [0.05, 0.1) is 12.8 Å². The Balaban J connectivity index is 1.73. The summed E-state index contributed by atoms with van der Waals surface area (Å²) in [6.45, 7) is 1.83. The molecule has 0 radical (unpaired) electrons. The highest BCUT2D eigenvalue weighted by Gasteiger charge is 2.15. The second-order valence-electron chi connectivity index (χ2n) is 5.11. The molecule has 0 spiro atoms. The molecule has 0 fully saturated rings. The molecule has 1 heterocycles. The Morgan fingerprint density at radius 2 is 1.75 bits per heavy atom. The molecule has 0 bridgehead atoms. The lowest BCUT2D eigenvalue weighted by atomic mass is 10.3. The Kier molecular flexibility index (Phi) is 4.77. The van der Waals surface area contributed by atoms with Crippen LogP contribution in [0.4, 0.5) is 16.5 Å². The highest BCUT2D eigenvalue weighted by molar-refractivity contribution is 7.17. The van der Waals surface area contributed by atoms with E-state index in [1.165, 1.54) is 11.3 Å². The normalized spacial score (nSPS) is 10.2. The van der Waals surface area contributed by atoms with Crippen molar-refractivity contribution in [3.05, 3.63) is 65.2 Å². The van der Waals surface area contributed by atoms with Gasteiger partial charge in [-0.25, -0.2) is 4.98 Å². The zero-order valence-electron chi connectivity index (χ0n) is 13.4. The van der Waals surface area contributed by atoms with Crippen LogP contribution in [0.15, 0.2) is 54.6 Å². The number of thiazole rings is 1. The number of hydrogen-bond acceptors (Lipinski definition) is 5. The average Bonchev–Trinajstić information content (AvgIpc) is 2.97. The molecule has 24 heavy (non-hydrogen) atoms. The lowest BCUT2D eigenvalue weighted by molar-refractivity contribution is 0.103. The number of aryl methyl sites for hydroxylation is 1. The van der Waals surface area contributed by atoms with Crippen LogP contribution in [0.2, 0.25) is 0 Å². The number of carbonyl (C=O) groups excluding carboxylic acids is 1. The summed E-state index contributed by atoms with van der Waals surface area (Å²) in [5, 5.41) is 6.76. The molecular weight excluding hydrogens is 322 g/mol. The predicted octanol–water partition coefficient (Wildman–Crippen LogP) is 4.46. The van der Waals surface area contributed by atoms with Crippen molar-refractivity contribution in [2.45, 2.75) is 6.92 Å². The summed E-state index contributed by atoms with van der Waals surface area (Å²) in [5.74, 6) is 0.637. The minimum atomic E-state index is -0.154. The van der Waals surface area contributed by atoms with Crippen molar-refractivity contribution in [2.24, 2.45) is 0 Å². The minimum Gasteiger partial charge on any atom is -0.497 e. The molecule has 1 aromatic heterocycles. The van der Waals surface area contributed by atoms with E-state index >= 15 is 0 Å². The van der Waals surface area contributed by atoms with Gasteiger partial charge in [0.1, 0.15) is 10.6 Å². The smallest absolute Gasteiger partial charge is 0.267 e. The summed E-state index contributed by atoms with van der Waals surface area (Å²) in [5.41, 5.74) is 2.35. The first-order valence-corrected chi connectivity index (χ1v) is 8.22. The van der Waals surface area contributed by atoms with Crippen molar-refractivity contribution >= 4 is 33.8 Å². The molecule has 0 aliphatic carbocycles. The van der Waals surface area contributed by atoms with Gasteiger partial charge in [-0.1, -0.05) is 29.5 Å². The van der Waals surface area contributed by atoms with Gasteiger partial charge in [-0.2, -0.15) is 0 Å². The summed E-state index contributed by atoms with van der Waals surface area (Å²) in [6.07, 6.45) is 0. The van der Waals surface area contributed by atoms with E-state index < -0.39 is 0 Å². The zero-order valence-corrected chi connectivity index (χ0v) is 14.2. The van der Waals surface area contributed by atoms with Crippen molar-refractivity contribution in [2.75, 3.05) is 17.7 Å². The summed E-state index contributed by atoms with van der Waals surface area (Å²) in [6, 6.07) is 16.9. The summed E-state index contributed by atoms with van der Waals surface area (Å²) < 4.78 is 5.14. The van der Waals surface area contributed by atoms with Crippen LogP contribution in [0.3, 0.4) is 0 Å². The molecule has 3 aromatic rings. The monoisotopic (exact) mass is 339 g/mol. The Hall–Kier alpha value is -2.86. The van der Waals surface area contributed by atoms with E-state index in [9.17, 15) is 4.79 Å². The van der Waals surface area contributed by atoms with E-state index in [-0.39, 0.29) is 5.91 Å². The molecule has 5 nitrogen and oxygen atoms in total. The van der Waals surface area contributed by atoms with E-state index in [2.05, 4.69) is 15.6 Å². The van der Waals surface area contributed by atoms with E-state index in [0.717, 1.165) is 17.1 Å². The number of nitrogens with one attached hydrogen (secondary N) is 2. The standard InChI is InChI=1S/C18H17N3O2S/c1-12-16(17(22)20-13-6-4-3-5-7-13)24-18(19-12)21-14-8-10-15(23-2)11-9-14/h3-11H,1-2H3,(H,19,21)(H,20,22). The number of methoxy groups -OCH3 is 1. The predicted molar refractivity (Wildman–Crippen MR) is 97.5 cm³/mol. The second kappa shape index (κ2) is 7.14. The van der Waals surface area contributed by atoms with Crippen molar-refractivity contribution in [1.82, 2.24) is 4.98 Å². The number of ether oxygens (including phenoxy) is 1. The van der Waals surface area contributed by atoms with E-state index in [4.69, 9.17) is 4.74 Å². The van der Waals surface area contributed by atoms with E-state index in [0.29, 0.717) is 15.7 Å². The van der Waals surface area contributed by atoms with Gasteiger partial charge < -0.3 is 15.4 Å². The van der Waals surface area contributed by atoms with Gasteiger partial charge in [-0.05, 0) is 43.3 Å². The molecule has 122 valence electrons. The molecule has 3 rings (SSSR count). The van der Waals surface area contributed by atoms with Crippen LogP contribution in [-0.2, 0) is 0 Å². The molecule has 6 heteroatoms. The largest absolute Gasteiger partial charge is 0.497 e. The lowest BCUT2D eigenvalue weighted by Gasteiger charge is -2.04. The first-order chi connectivity index (χ1) is 11.7. The first-order valence-electron chi connectivity index (χ1n) is 7.40. The van der Waals surface area contributed by atoms with Crippen LogP contribution >= 0.6 is 11.3 Å². The number of anilines is 3. The average molecular weight is 339 g/mol. The number of nitrogens with zero attached hydrogens (tertiary/aromatic N) is 1. The van der Waals surface area contributed by atoms with Crippen LogP contribution in [0.25, 0.3) is 0 Å². The molecule has 2 N–H and O–H groups in total. The highest BCUT2D eigenvalue weighted by Crippen LogP contribution is 2.27. The zero-order chi connectivity index (χ0) is 16.9. The van der Waals surface area contributed by atoms with Crippen molar-refractivity contribution < 1.29 is 9.53 Å². The Bertz CT molecular complexity index is 829. The fraction of sp³-hybridized carbons (Fsp3) is 0.111. The quantitative estimate of drug-likeness (QED) is 0.720. The van der Waals surface area contributed by atoms with Gasteiger partial charge >= 0.3 is 0 Å². The third-order valence-electron chi connectivity index (χ3n) is 3.38. The molecule has 0 unspecified atom stereocenters. The van der Waals surface area contributed by atoms with Gasteiger partial charge in [-0.3, -0.25) is 4.79 Å². The molecule has 1 amide bonds. The number of benzene rings is 2. The van der Waals surface area contributed by atoms with Crippen LogP contribution < -0.4 is 15.4 Å². The van der Waals surface area contributed by atoms with Gasteiger partial charge in [0.2, 0.25) is 0 Å². The van der Waals surface area contributed by atoms with Crippen molar-refractivity contribution in [3.8, 4) is 5.75 Å². The molecule has 0 atom stereocenters. The third-order valence-corrected chi connectivity index (χ3v) is 4.45. The van der Waals surface area contributed by atoms with E-state index in [1.54, 1.807) is 7.11 Å². The van der Waals surface area contributed by atoms with Gasteiger partial charge in [-0.15, -0.1) is 0 Å². The molecule has 2 aromatic carbocycles. The second-order valence-corrected chi connectivity index (χ2v) is 6.11. The van der Waals surface area contributed by atoms with Gasteiger partial charge in [0.15, 0.2) is 5.13 Å². The SMILES string of the molecule is COc1ccc(Nc2nc(C)c(C(=O)Nc3ccccc3)s2)cc1. The molecule has 0 saturated heterocycles.